The van der Waals surface area contributed by atoms with Crippen molar-refractivity contribution in [2.24, 2.45) is 0 Å². The first kappa shape index (κ1) is 30.3. The molecular formula is C35H38N6O3. The van der Waals surface area contributed by atoms with Crippen LogP contribution < -0.4 is 20.7 Å². The number of rotatable bonds is 9. The Morgan fingerprint density at radius 2 is 1.66 bits per heavy atom. The van der Waals surface area contributed by atoms with Crippen molar-refractivity contribution < 1.29 is 14.3 Å². The molecule has 2 heterocycles. The molecule has 0 bridgehead atoms. The van der Waals surface area contributed by atoms with Gasteiger partial charge >= 0.3 is 6.03 Å². The Kier molecular flexibility index (Phi) is 8.94. The lowest BCUT2D eigenvalue weighted by Gasteiger charge is -2.14. The van der Waals surface area contributed by atoms with Gasteiger partial charge in [0.1, 0.15) is 17.3 Å². The molecule has 0 fully saturated rings. The topological polar surface area (TPSA) is 110 Å². The molecule has 3 amide bonds. The standard InChI is InChI=1S/C35H38N6O3/c1-6-36-33(42)29-21-24(17-19-37-29)18-20-44-30-16-15-28(26-9-7-8-10-27(26)30)38-34(43)39-32-22-31(35(3,4)5)40-41(32)25-13-11-23(2)12-14-25/h7-17,19,21-22H,6,18,20H2,1-5H3,(H,36,42)(H2,38,39,43). The third kappa shape index (κ3) is 7.06. The number of hydrogen-bond donors (Lipinski definition) is 3. The number of aromatic nitrogens is 3. The van der Waals surface area contributed by atoms with Crippen molar-refractivity contribution in [3.8, 4) is 11.4 Å². The van der Waals surface area contributed by atoms with E-state index in [2.05, 4.69) is 41.7 Å². The van der Waals surface area contributed by atoms with Crippen molar-refractivity contribution in [3.05, 3.63) is 108 Å². The van der Waals surface area contributed by atoms with Gasteiger partial charge in [0, 0.05) is 41.4 Å². The molecule has 5 rings (SSSR count). The normalized spacial score (nSPS) is 11.3. The molecule has 5 aromatic rings. The molecule has 3 N–H and O–H groups in total. The molecular weight excluding hydrogens is 552 g/mol. The van der Waals surface area contributed by atoms with Gasteiger partial charge < -0.3 is 15.4 Å². The molecule has 0 aliphatic carbocycles. The second-order valence-electron chi connectivity index (χ2n) is 11.7. The first-order valence-corrected chi connectivity index (χ1v) is 14.8. The van der Waals surface area contributed by atoms with Gasteiger partial charge in [-0.25, -0.2) is 9.48 Å². The molecule has 226 valence electrons. The molecule has 9 nitrogen and oxygen atoms in total. The number of aryl methyl sites for hydroxylation is 1. The van der Waals surface area contributed by atoms with E-state index in [1.54, 1.807) is 16.9 Å². The summed E-state index contributed by atoms with van der Waals surface area (Å²) in [5.41, 5.74) is 4.68. The number of amides is 3. The number of carbonyl (C=O) groups is 2. The number of anilines is 2. The van der Waals surface area contributed by atoms with Crippen LogP contribution in [-0.2, 0) is 11.8 Å². The summed E-state index contributed by atoms with van der Waals surface area (Å²) in [5, 5.41) is 15.3. The summed E-state index contributed by atoms with van der Waals surface area (Å²) in [6.07, 6.45) is 2.25. The van der Waals surface area contributed by atoms with Crippen LogP contribution in [-0.4, -0.2) is 39.9 Å². The number of hydrogen-bond acceptors (Lipinski definition) is 5. The maximum atomic E-state index is 13.3. The summed E-state index contributed by atoms with van der Waals surface area (Å²) in [4.78, 5) is 29.6. The van der Waals surface area contributed by atoms with Crippen LogP contribution in [0.3, 0.4) is 0 Å². The maximum absolute atomic E-state index is 13.3. The zero-order chi connectivity index (χ0) is 31.3. The van der Waals surface area contributed by atoms with Gasteiger partial charge in [0.2, 0.25) is 0 Å². The van der Waals surface area contributed by atoms with Crippen LogP contribution in [0.15, 0.2) is 85.1 Å². The van der Waals surface area contributed by atoms with Gasteiger partial charge in [-0.2, -0.15) is 5.10 Å². The van der Waals surface area contributed by atoms with Gasteiger partial charge in [-0.05, 0) is 55.8 Å². The van der Waals surface area contributed by atoms with Crippen molar-refractivity contribution in [1.29, 1.82) is 0 Å². The lowest BCUT2D eigenvalue weighted by molar-refractivity contribution is 0.0950. The summed E-state index contributed by atoms with van der Waals surface area (Å²) in [7, 11) is 0. The van der Waals surface area contributed by atoms with E-state index >= 15 is 0 Å². The Balaban J connectivity index is 1.31. The Labute approximate surface area is 257 Å². The summed E-state index contributed by atoms with van der Waals surface area (Å²) in [6, 6.07) is 24.7. The molecule has 0 saturated carbocycles. The monoisotopic (exact) mass is 590 g/mol. The van der Waals surface area contributed by atoms with Crippen molar-refractivity contribution >= 4 is 34.2 Å². The van der Waals surface area contributed by atoms with Gasteiger partial charge in [-0.15, -0.1) is 0 Å². The highest BCUT2D eigenvalue weighted by Crippen LogP contribution is 2.32. The van der Waals surface area contributed by atoms with Crippen molar-refractivity contribution in [3.63, 3.8) is 0 Å². The Bertz CT molecular complexity index is 1790. The maximum Gasteiger partial charge on any atom is 0.324 e. The number of fused-ring (bicyclic) bond motifs is 1. The van der Waals surface area contributed by atoms with Gasteiger partial charge in [0.25, 0.3) is 5.91 Å². The van der Waals surface area contributed by atoms with E-state index in [4.69, 9.17) is 9.84 Å². The highest BCUT2D eigenvalue weighted by molar-refractivity contribution is 6.07. The molecule has 0 atom stereocenters. The van der Waals surface area contributed by atoms with Crippen LogP contribution in [0, 0.1) is 6.92 Å². The minimum atomic E-state index is -0.377. The third-order valence-corrected chi connectivity index (χ3v) is 7.17. The summed E-state index contributed by atoms with van der Waals surface area (Å²) in [6.45, 7) is 11.1. The number of pyridine rings is 1. The van der Waals surface area contributed by atoms with E-state index in [1.165, 1.54) is 0 Å². The lowest BCUT2D eigenvalue weighted by Crippen LogP contribution is -2.23. The molecule has 0 aliphatic rings. The highest BCUT2D eigenvalue weighted by atomic mass is 16.5. The first-order chi connectivity index (χ1) is 21.1. The minimum absolute atomic E-state index is 0.192. The minimum Gasteiger partial charge on any atom is -0.493 e. The molecule has 0 radical (unpaired) electrons. The van der Waals surface area contributed by atoms with Crippen LogP contribution in [0.5, 0.6) is 5.75 Å². The Morgan fingerprint density at radius 3 is 2.39 bits per heavy atom. The van der Waals surface area contributed by atoms with Gasteiger partial charge in [-0.1, -0.05) is 62.7 Å². The van der Waals surface area contributed by atoms with E-state index in [9.17, 15) is 9.59 Å². The molecule has 0 spiro atoms. The van der Waals surface area contributed by atoms with E-state index in [1.807, 2.05) is 86.6 Å². The number of ether oxygens (including phenoxy) is 1. The Morgan fingerprint density at radius 1 is 0.909 bits per heavy atom. The second kappa shape index (κ2) is 13.0. The number of nitrogens with zero attached hydrogens (tertiary/aromatic N) is 3. The van der Waals surface area contributed by atoms with Crippen molar-refractivity contribution in [1.82, 2.24) is 20.1 Å². The number of carbonyl (C=O) groups excluding carboxylic acids is 2. The average Bonchev–Trinajstić information content (AvgIpc) is 3.43. The van der Waals surface area contributed by atoms with Crippen molar-refractivity contribution in [2.75, 3.05) is 23.8 Å². The molecule has 44 heavy (non-hydrogen) atoms. The summed E-state index contributed by atoms with van der Waals surface area (Å²) >= 11 is 0. The van der Waals surface area contributed by atoms with Gasteiger partial charge in [0.15, 0.2) is 0 Å². The SMILES string of the molecule is CCNC(=O)c1cc(CCOc2ccc(NC(=O)Nc3cc(C(C)(C)C)nn3-c3ccc(C)cc3)c3ccccc23)ccn1. The van der Waals surface area contributed by atoms with Crippen molar-refractivity contribution in [2.45, 2.75) is 46.5 Å². The first-order valence-electron chi connectivity index (χ1n) is 14.8. The number of nitrogens with one attached hydrogen (secondary N) is 3. The molecule has 0 unspecified atom stereocenters. The molecule has 0 saturated heterocycles. The lowest BCUT2D eigenvalue weighted by atomic mass is 9.92. The van der Waals surface area contributed by atoms with Crippen LogP contribution in [0.4, 0.5) is 16.3 Å². The van der Waals surface area contributed by atoms with E-state index in [-0.39, 0.29) is 17.4 Å². The van der Waals surface area contributed by atoms with Gasteiger partial charge in [-0.3, -0.25) is 15.1 Å². The van der Waals surface area contributed by atoms with E-state index < -0.39 is 0 Å². The highest BCUT2D eigenvalue weighted by Gasteiger charge is 2.22. The third-order valence-electron chi connectivity index (χ3n) is 7.17. The smallest absolute Gasteiger partial charge is 0.324 e. The van der Waals surface area contributed by atoms with Crippen LogP contribution in [0.25, 0.3) is 16.5 Å². The summed E-state index contributed by atoms with van der Waals surface area (Å²) in [5.74, 6) is 1.09. The average molecular weight is 591 g/mol. The largest absolute Gasteiger partial charge is 0.493 e. The van der Waals surface area contributed by atoms with E-state index in [0.717, 1.165) is 33.3 Å². The predicted molar refractivity (Wildman–Crippen MR) is 175 cm³/mol. The van der Waals surface area contributed by atoms with Gasteiger partial charge in [0.05, 0.1) is 23.7 Å². The molecule has 3 aromatic carbocycles. The van der Waals surface area contributed by atoms with Crippen LogP contribution in [0.2, 0.25) is 0 Å². The predicted octanol–water partition coefficient (Wildman–Crippen LogP) is 7.04. The fraction of sp³-hybridized carbons (Fsp3) is 0.257. The number of benzene rings is 3. The Hall–Kier alpha value is -5.18. The zero-order valence-corrected chi connectivity index (χ0v) is 25.8. The summed E-state index contributed by atoms with van der Waals surface area (Å²) < 4.78 is 7.93. The van der Waals surface area contributed by atoms with Crippen LogP contribution >= 0.6 is 0 Å². The molecule has 0 aliphatic heterocycles. The fourth-order valence-corrected chi connectivity index (χ4v) is 4.78. The fourth-order valence-electron chi connectivity index (χ4n) is 4.78. The quantitative estimate of drug-likeness (QED) is 0.171. The molecule has 2 aromatic heterocycles. The number of urea groups is 1. The molecule has 9 heteroatoms. The van der Waals surface area contributed by atoms with Crippen LogP contribution in [0.1, 0.15) is 55.0 Å². The van der Waals surface area contributed by atoms with E-state index in [0.29, 0.717) is 42.5 Å². The zero-order valence-electron chi connectivity index (χ0n) is 25.8. The second-order valence-corrected chi connectivity index (χ2v) is 11.7.